The minimum atomic E-state index is 0.223. The maximum Gasteiger partial charge on any atom is 0.128 e. The molecule has 9 nitrogen and oxygen atoms in total. The van der Waals surface area contributed by atoms with Crippen LogP contribution in [0.2, 0.25) is 0 Å². The number of nitriles is 1. The van der Waals surface area contributed by atoms with E-state index in [2.05, 4.69) is 51.6 Å². The molecule has 4 aromatic heterocycles. The maximum atomic E-state index is 9.60. The summed E-state index contributed by atoms with van der Waals surface area (Å²) in [5, 5.41) is 25.9. The first-order valence-electron chi connectivity index (χ1n) is 10.4. The fourth-order valence-corrected chi connectivity index (χ4v) is 3.85. The molecule has 0 bridgehead atoms. The first-order valence-corrected chi connectivity index (χ1v) is 10.4. The van der Waals surface area contributed by atoms with Crippen molar-refractivity contribution in [3.8, 4) is 28.5 Å². The highest BCUT2D eigenvalue weighted by Crippen LogP contribution is 2.32. The summed E-state index contributed by atoms with van der Waals surface area (Å²) in [6.07, 6.45) is 7.28. The van der Waals surface area contributed by atoms with Gasteiger partial charge in [-0.3, -0.25) is 0 Å². The Morgan fingerprint density at radius 2 is 1.94 bits per heavy atom. The summed E-state index contributed by atoms with van der Waals surface area (Å²) in [6.45, 7) is 7.93. The molecule has 1 fully saturated rings. The summed E-state index contributed by atoms with van der Waals surface area (Å²) in [4.78, 5) is 6.98. The van der Waals surface area contributed by atoms with Crippen LogP contribution in [0.5, 0.6) is 0 Å². The minimum Gasteiger partial charge on any atom is -0.354 e. The van der Waals surface area contributed by atoms with Gasteiger partial charge in [-0.1, -0.05) is 5.21 Å². The molecule has 0 atom stereocenters. The summed E-state index contributed by atoms with van der Waals surface area (Å²) < 4.78 is 3.56. The van der Waals surface area contributed by atoms with Crippen molar-refractivity contribution in [1.29, 1.82) is 5.26 Å². The Labute approximate surface area is 179 Å². The molecule has 0 aromatic carbocycles. The van der Waals surface area contributed by atoms with Gasteiger partial charge in [0.15, 0.2) is 0 Å². The van der Waals surface area contributed by atoms with Gasteiger partial charge in [0.25, 0.3) is 0 Å². The Morgan fingerprint density at radius 1 is 1.10 bits per heavy atom. The quantitative estimate of drug-likeness (QED) is 0.549. The molecule has 5 heterocycles. The van der Waals surface area contributed by atoms with Crippen molar-refractivity contribution in [2.45, 2.75) is 19.9 Å². The Balaban J connectivity index is 1.60. The van der Waals surface area contributed by atoms with Crippen LogP contribution in [0.1, 0.15) is 25.5 Å². The zero-order valence-electron chi connectivity index (χ0n) is 17.5. The van der Waals surface area contributed by atoms with Gasteiger partial charge < -0.3 is 10.2 Å². The van der Waals surface area contributed by atoms with E-state index < -0.39 is 0 Å². The third kappa shape index (κ3) is 3.51. The molecule has 31 heavy (non-hydrogen) atoms. The lowest BCUT2D eigenvalue weighted by Gasteiger charge is -2.28. The number of nitrogens with one attached hydrogen (secondary N) is 1. The largest absolute Gasteiger partial charge is 0.354 e. The highest BCUT2D eigenvalue weighted by Gasteiger charge is 2.17. The van der Waals surface area contributed by atoms with Crippen LogP contribution < -0.4 is 10.2 Å². The first kappa shape index (κ1) is 19.2. The monoisotopic (exact) mass is 413 g/mol. The van der Waals surface area contributed by atoms with Crippen LogP contribution in [0.25, 0.3) is 27.9 Å². The third-order valence-corrected chi connectivity index (χ3v) is 5.57. The topological polar surface area (TPSA) is 100.0 Å². The number of hydrogen-bond acceptors (Lipinski definition) is 7. The van der Waals surface area contributed by atoms with Gasteiger partial charge in [-0.05, 0) is 32.0 Å². The van der Waals surface area contributed by atoms with E-state index >= 15 is 0 Å². The molecule has 0 saturated carbocycles. The van der Waals surface area contributed by atoms with E-state index in [1.165, 1.54) is 0 Å². The van der Waals surface area contributed by atoms with Crippen molar-refractivity contribution in [2.24, 2.45) is 0 Å². The summed E-state index contributed by atoms with van der Waals surface area (Å²) >= 11 is 0. The zero-order valence-corrected chi connectivity index (χ0v) is 17.5. The van der Waals surface area contributed by atoms with E-state index in [0.29, 0.717) is 5.56 Å². The number of nitrogens with zero attached hydrogens (tertiary/aromatic N) is 8. The predicted octanol–water partition coefficient (Wildman–Crippen LogP) is 2.52. The number of aromatic nitrogens is 6. The lowest BCUT2D eigenvalue weighted by atomic mass is 10.0. The number of fused-ring (bicyclic) bond motifs is 1. The molecule has 156 valence electrons. The van der Waals surface area contributed by atoms with Crippen molar-refractivity contribution >= 4 is 11.3 Å². The van der Waals surface area contributed by atoms with Crippen LogP contribution in [0, 0.1) is 11.3 Å². The molecular weight excluding hydrogens is 390 g/mol. The fraction of sp³-hybridized carbons (Fsp3) is 0.318. The summed E-state index contributed by atoms with van der Waals surface area (Å²) in [7, 11) is 0. The molecular formula is C22H23N9. The first-order chi connectivity index (χ1) is 15.1. The van der Waals surface area contributed by atoms with Crippen LogP contribution in [0.4, 0.5) is 5.82 Å². The average molecular weight is 413 g/mol. The molecule has 4 aromatic rings. The summed E-state index contributed by atoms with van der Waals surface area (Å²) in [6, 6.07) is 8.61. The normalized spacial score (nSPS) is 14.3. The van der Waals surface area contributed by atoms with Gasteiger partial charge >= 0.3 is 0 Å². The average Bonchev–Trinajstić information content (AvgIpc) is 3.47. The van der Waals surface area contributed by atoms with Crippen LogP contribution in [-0.2, 0) is 0 Å². The number of hydrogen-bond donors (Lipinski definition) is 1. The van der Waals surface area contributed by atoms with E-state index in [9.17, 15) is 5.26 Å². The molecule has 9 heteroatoms. The fourth-order valence-electron chi connectivity index (χ4n) is 3.85. The molecule has 0 unspecified atom stereocenters. The van der Waals surface area contributed by atoms with Crippen LogP contribution in [-0.4, -0.2) is 55.8 Å². The Morgan fingerprint density at radius 3 is 2.61 bits per heavy atom. The minimum absolute atomic E-state index is 0.223. The second-order valence-electron chi connectivity index (χ2n) is 7.93. The number of anilines is 1. The van der Waals surface area contributed by atoms with Crippen molar-refractivity contribution in [1.82, 2.24) is 34.9 Å². The lowest BCUT2D eigenvalue weighted by Crippen LogP contribution is -2.43. The van der Waals surface area contributed by atoms with Crippen LogP contribution >= 0.6 is 0 Å². The molecule has 1 aliphatic rings. The second-order valence-corrected chi connectivity index (χ2v) is 7.93. The van der Waals surface area contributed by atoms with E-state index in [-0.39, 0.29) is 6.04 Å². The zero-order chi connectivity index (χ0) is 21.4. The molecule has 0 aliphatic carbocycles. The standard InChI is InChI=1S/C22H23N9/c1-15(2)30-14-20(27-28-30)17-9-19(22-18(10-23)12-26-31(22)13-17)16-3-4-21(25-11-16)29-7-5-24-6-8-29/h3-4,9,11-15,24H,5-8H2,1-2H3. The number of pyridine rings is 2. The lowest BCUT2D eigenvalue weighted by molar-refractivity contribution is 0.514. The molecule has 0 amide bonds. The molecule has 5 rings (SSSR count). The van der Waals surface area contributed by atoms with Crippen LogP contribution in [0.3, 0.4) is 0 Å². The highest BCUT2D eigenvalue weighted by molar-refractivity contribution is 5.87. The van der Waals surface area contributed by atoms with Gasteiger partial charge in [0, 0.05) is 61.3 Å². The van der Waals surface area contributed by atoms with E-state index in [0.717, 1.165) is 59.9 Å². The Hall–Kier alpha value is -3.77. The maximum absolute atomic E-state index is 9.60. The summed E-state index contributed by atoms with van der Waals surface area (Å²) in [5.41, 5.74) is 4.76. The Bertz CT molecular complexity index is 1250. The van der Waals surface area contributed by atoms with Gasteiger partial charge in [-0.25, -0.2) is 14.2 Å². The molecule has 0 spiro atoms. The smallest absolute Gasteiger partial charge is 0.128 e. The van der Waals surface area contributed by atoms with E-state index in [4.69, 9.17) is 4.98 Å². The summed E-state index contributed by atoms with van der Waals surface area (Å²) in [5.74, 6) is 0.964. The third-order valence-electron chi connectivity index (χ3n) is 5.57. The van der Waals surface area contributed by atoms with Gasteiger partial charge in [0.2, 0.25) is 0 Å². The molecule has 1 aliphatic heterocycles. The van der Waals surface area contributed by atoms with Crippen molar-refractivity contribution < 1.29 is 0 Å². The van der Waals surface area contributed by atoms with E-state index in [1.807, 2.05) is 35.4 Å². The van der Waals surface area contributed by atoms with E-state index in [1.54, 1.807) is 10.7 Å². The highest BCUT2D eigenvalue weighted by atomic mass is 15.4. The van der Waals surface area contributed by atoms with Gasteiger partial charge in [-0.2, -0.15) is 10.4 Å². The Kier molecular flexibility index (Phi) is 4.84. The second kappa shape index (κ2) is 7.81. The van der Waals surface area contributed by atoms with Gasteiger partial charge in [-0.15, -0.1) is 5.10 Å². The van der Waals surface area contributed by atoms with Gasteiger partial charge in [0.05, 0.1) is 23.5 Å². The molecule has 1 N–H and O–H groups in total. The number of piperazine rings is 1. The number of rotatable bonds is 4. The SMILES string of the molecule is CC(C)n1cc(-c2cc(-c3ccc(N4CCNCC4)nc3)c3c(C#N)cnn3c2)nn1. The van der Waals surface area contributed by atoms with Crippen molar-refractivity contribution in [3.05, 3.63) is 48.5 Å². The molecule has 0 radical (unpaired) electrons. The molecule has 1 saturated heterocycles. The van der Waals surface area contributed by atoms with Crippen molar-refractivity contribution in [2.75, 3.05) is 31.1 Å². The van der Waals surface area contributed by atoms with Crippen molar-refractivity contribution in [3.63, 3.8) is 0 Å². The van der Waals surface area contributed by atoms with Crippen LogP contribution in [0.15, 0.2) is 43.0 Å². The van der Waals surface area contributed by atoms with Gasteiger partial charge in [0.1, 0.15) is 17.6 Å². The predicted molar refractivity (Wildman–Crippen MR) is 118 cm³/mol.